The minimum absolute atomic E-state index is 0.209. The molecule has 0 radical (unpaired) electrons. The molecule has 0 saturated heterocycles. The lowest BCUT2D eigenvalue weighted by atomic mass is 10.1. The van der Waals surface area contributed by atoms with Crippen molar-refractivity contribution in [1.82, 2.24) is 14.8 Å². The number of hydrogen-bond donors (Lipinski definition) is 1. The molecule has 2 aromatic heterocycles. The van der Waals surface area contributed by atoms with E-state index in [9.17, 15) is 4.79 Å². The maximum absolute atomic E-state index is 12.5. The summed E-state index contributed by atoms with van der Waals surface area (Å²) in [5, 5.41) is 24.9. The van der Waals surface area contributed by atoms with Crippen LogP contribution in [-0.4, -0.2) is 20.7 Å². The monoisotopic (exact) mass is 328 g/mol. The van der Waals surface area contributed by atoms with Crippen molar-refractivity contribution in [3.8, 4) is 18.0 Å². The van der Waals surface area contributed by atoms with Gasteiger partial charge in [0.15, 0.2) is 5.82 Å². The minimum Gasteiger partial charge on any atom is -0.322 e. The van der Waals surface area contributed by atoms with Crippen LogP contribution in [-0.2, 0) is 0 Å². The van der Waals surface area contributed by atoms with Crippen LogP contribution in [0.25, 0.3) is 5.82 Å². The molecule has 7 nitrogen and oxygen atoms in total. The molecule has 0 aliphatic rings. The number of hydrogen-bond acceptors (Lipinski definition) is 5. The van der Waals surface area contributed by atoms with Crippen molar-refractivity contribution in [2.45, 2.75) is 6.92 Å². The molecule has 1 aromatic carbocycles. The summed E-state index contributed by atoms with van der Waals surface area (Å²) in [4.78, 5) is 16.7. The van der Waals surface area contributed by atoms with Crippen molar-refractivity contribution in [2.24, 2.45) is 0 Å². The first-order chi connectivity index (χ1) is 12.1. The number of pyridine rings is 1. The van der Waals surface area contributed by atoms with Crippen molar-refractivity contribution in [3.05, 3.63) is 71.2 Å². The molecule has 1 amide bonds. The Morgan fingerprint density at radius 2 is 1.96 bits per heavy atom. The molecule has 0 aliphatic heterocycles. The summed E-state index contributed by atoms with van der Waals surface area (Å²) >= 11 is 0. The Hall–Kier alpha value is -3.97. The molecule has 0 unspecified atom stereocenters. The van der Waals surface area contributed by atoms with E-state index in [1.165, 1.54) is 18.3 Å². The second-order valence-corrected chi connectivity index (χ2v) is 5.18. The molecule has 2 heterocycles. The van der Waals surface area contributed by atoms with Crippen LogP contribution in [0.15, 0.2) is 48.8 Å². The van der Waals surface area contributed by atoms with Gasteiger partial charge < -0.3 is 5.32 Å². The van der Waals surface area contributed by atoms with Crippen LogP contribution >= 0.6 is 0 Å². The first-order valence-electron chi connectivity index (χ1n) is 7.35. The number of amides is 1. The van der Waals surface area contributed by atoms with E-state index in [0.717, 1.165) is 0 Å². The first kappa shape index (κ1) is 15.9. The van der Waals surface area contributed by atoms with E-state index in [-0.39, 0.29) is 17.0 Å². The highest BCUT2D eigenvalue weighted by Gasteiger charge is 2.16. The lowest BCUT2D eigenvalue weighted by Gasteiger charge is -2.07. The zero-order chi connectivity index (χ0) is 17.8. The smallest absolute Gasteiger partial charge is 0.259 e. The summed E-state index contributed by atoms with van der Waals surface area (Å²) in [5.41, 5.74) is 1.95. The highest BCUT2D eigenvalue weighted by Crippen LogP contribution is 2.17. The fourth-order valence-electron chi connectivity index (χ4n) is 2.35. The summed E-state index contributed by atoms with van der Waals surface area (Å²) in [5.74, 6) is 0.262. The highest BCUT2D eigenvalue weighted by molar-refractivity contribution is 6.05. The number of nitriles is 2. The zero-order valence-electron chi connectivity index (χ0n) is 13.3. The molecular formula is C18H12N6O. The molecule has 3 rings (SSSR count). The Kier molecular flexibility index (Phi) is 4.23. The van der Waals surface area contributed by atoms with E-state index >= 15 is 0 Å². The van der Waals surface area contributed by atoms with Gasteiger partial charge in [0, 0.05) is 11.9 Å². The molecule has 0 fully saturated rings. The number of anilines is 1. The van der Waals surface area contributed by atoms with E-state index in [2.05, 4.69) is 15.4 Å². The van der Waals surface area contributed by atoms with Crippen LogP contribution in [0.5, 0.6) is 0 Å². The maximum Gasteiger partial charge on any atom is 0.259 e. The van der Waals surface area contributed by atoms with Gasteiger partial charge in [0.2, 0.25) is 0 Å². The van der Waals surface area contributed by atoms with Crippen LogP contribution in [0.1, 0.15) is 27.2 Å². The number of carbonyl (C=O) groups is 1. The maximum atomic E-state index is 12.5. The van der Waals surface area contributed by atoms with Crippen molar-refractivity contribution in [3.63, 3.8) is 0 Å². The third kappa shape index (κ3) is 3.07. The van der Waals surface area contributed by atoms with E-state index < -0.39 is 0 Å². The zero-order valence-corrected chi connectivity index (χ0v) is 13.3. The Morgan fingerprint density at radius 1 is 1.16 bits per heavy atom. The predicted molar refractivity (Wildman–Crippen MR) is 89.9 cm³/mol. The Labute approximate surface area is 143 Å². The van der Waals surface area contributed by atoms with Gasteiger partial charge >= 0.3 is 0 Å². The molecule has 7 heteroatoms. The van der Waals surface area contributed by atoms with Crippen molar-refractivity contribution in [2.75, 3.05) is 5.32 Å². The highest BCUT2D eigenvalue weighted by atomic mass is 16.1. The molecule has 25 heavy (non-hydrogen) atoms. The van der Waals surface area contributed by atoms with Gasteiger partial charge in [0.25, 0.3) is 5.91 Å². The quantitative estimate of drug-likeness (QED) is 0.795. The SMILES string of the molecule is Cc1c(C(=O)Nc2ccc(C#N)c(C#N)c2)cnn1-c1ccccn1. The number of rotatable bonds is 3. The second-order valence-electron chi connectivity index (χ2n) is 5.18. The lowest BCUT2D eigenvalue weighted by molar-refractivity contribution is 0.102. The van der Waals surface area contributed by atoms with E-state index in [1.807, 2.05) is 18.2 Å². The summed E-state index contributed by atoms with van der Waals surface area (Å²) < 4.78 is 1.58. The number of nitrogens with one attached hydrogen (secondary N) is 1. The molecule has 120 valence electrons. The van der Waals surface area contributed by atoms with Gasteiger partial charge in [-0.15, -0.1) is 0 Å². The molecule has 0 saturated carbocycles. The molecule has 0 aliphatic carbocycles. The largest absolute Gasteiger partial charge is 0.322 e. The topological polar surface area (TPSA) is 107 Å². The Morgan fingerprint density at radius 3 is 2.64 bits per heavy atom. The van der Waals surface area contributed by atoms with Gasteiger partial charge in [-0.05, 0) is 37.3 Å². The van der Waals surface area contributed by atoms with Gasteiger partial charge in [0.1, 0.15) is 12.1 Å². The average Bonchev–Trinajstić information content (AvgIpc) is 3.03. The third-order valence-corrected chi connectivity index (χ3v) is 3.64. The second kappa shape index (κ2) is 6.65. The van der Waals surface area contributed by atoms with Crippen molar-refractivity contribution < 1.29 is 4.79 Å². The van der Waals surface area contributed by atoms with Crippen LogP contribution in [0, 0.1) is 29.6 Å². The van der Waals surface area contributed by atoms with Crippen LogP contribution < -0.4 is 5.32 Å². The number of carbonyl (C=O) groups excluding carboxylic acids is 1. The van der Waals surface area contributed by atoms with E-state index in [1.54, 1.807) is 36.0 Å². The standard InChI is InChI=1S/C18H12N6O/c1-12-16(11-22-24(12)17-4-2-3-7-21-17)18(25)23-15-6-5-13(9-19)14(8-15)10-20/h2-8,11H,1H3,(H,23,25). The summed E-state index contributed by atoms with van der Waals surface area (Å²) in [6.07, 6.45) is 3.12. The Bertz CT molecular complexity index is 1020. The average molecular weight is 328 g/mol. The lowest BCUT2D eigenvalue weighted by Crippen LogP contribution is -2.13. The molecule has 1 N–H and O–H groups in total. The minimum atomic E-state index is -0.353. The molecule has 3 aromatic rings. The fraction of sp³-hybridized carbons (Fsp3) is 0.0556. The fourth-order valence-corrected chi connectivity index (χ4v) is 2.35. The normalized spacial score (nSPS) is 9.88. The van der Waals surface area contributed by atoms with Crippen LogP contribution in [0.3, 0.4) is 0 Å². The molecule has 0 atom stereocenters. The number of benzene rings is 1. The first-order valence-corrected chi connectivity index (χ1v) is 7.35. The van der Waals surface area contributed by atoms with Gasteiger partial charge in [-0.2, -0.15) is 15.6 Å². The van der Waals surface area contributed by atoms with Crippen LogP contribution in [0.4, 0.5) is 5.69 Å². The van der Waals surface area contributed by atoms with Gasteiger partial charge in [-0.25, -0.2) is 9.67 Å². The summed E-state index contributed by atoms with van der Waals surface area (Å²) in [6.45, 7) is 1.77. The summed E-state index contributed by atoms with van der Waals surface area (Å²) in [6, 6.07) is 13.8. The predicted octanol–water partition coefficient (Wildman–Crippen LogP) is 2.57. The Balaban J connectivity index is 1.87. The van der Waals surface area contributed by atoms with E-state index in [4.69, 9.17) is 10.5 Å². The van der Waals surface area contributed by atoms with Crippen molar-refractivity contribution >= 4 is 11.6 Å². The number of nitrogens with zero attached hydrogens (tertiary/aromatic N) is 5. The molecule has 0 bridgehead atoms. The number of aromatic nitrogens is 3. The molecular weight excluding hydrogens is 316 g/mol. The van der Waals surface area contributed by atoms with Crippen molar-refractivity contribution in [1.29, 1.82) is 10.5 Å². The third-order valence-electron chi connectivity index (χ3n) is 3.64. The summed E-state index contributed by atoms with van der Waals surface area (Å²) in [7, 11) is 0. The van der Waals surface area contributed by atoms with Gasteiger partial charge in [-0.3, -0.25) is 4.79 Å². The van der Waals surface area contributed by atoms with Gasteiger partial charge in [0.05, 0.1) is 28.6 Å². The van der Waals surface area contributed by atoms with E-state index in [0.29, 0.717) is 22.8 Å². The van der Waals surface area contributed by atoms with Crippen LogP contribution in [0.2, 0.25) is 0 Å². The van der Waals surface area contributed by atoms with Gasteiger partial charge in [-0.1, -0.05) is 6.07 Å². The molecule has 0 spiro atoms.